The van der Waals surface area contributed by atoms with Crippen LogP contribution in [0.2, 0.25) is 5.02 Å². The van der Waals surface area contributed by atoms with Crippen molar-refractivity contribution >= 4 is 28.5 Å². The van der Waals surface area contributed by atoms with Crippen molar-refractivity contribution in [2.45, 2.75) is 51.5 Å². The number of rotatable bonds is 8. The lowest BCUT2D eigenvalue weighted by atomic mass is 9.83. The second-order valence-electron chi connectivity index (χ2n) is 9.03. The van der Waals surface area contributed by atoms with Gasteiger partial charge in [-0.15, -0.1) is 0 Å². The van der Waals surface area contributed by atoms with E-state index in [4.69, 9.17) is 16.3 Å². The Balaban J connectivity index is 1.94. The molecule has 8 heteroatoms. The van der Waals surface area contributed by atoms with E-state index in [0.29, 0.717) is 29.0 Å². The van der Waals surface area contributed by atoms with Crippen molar-refractivity contribution in [1.82, 2.24) is 4.57 Å². The van der Waals surface area contributed by atoms with E-state index < -0.39 is 17.2 Å². The van der Waals surface area contributed by atoms with Gasteiger partial charge in [0, 0.05) is 24.1 Å². The third-order valence-corrected chi connectivity index (χ3v) is 7.19. The van der Waals surface area contributed by atoms with Crippen molar-refractivity contribution < 1.29 is 24.1 Å². The summed E-state index contributed by atoms with van der Waals surface area (Å²) in [6, 6.07) is 7.63. The van der Waals surface area contributed by atoms with E-state index in [2.05, 4.69) is 0 Å². The van der Waals surface area contributed by atoms with Crippen molar-refractivity contribution in [3.05, 3.63) is 74.3 Å². The number of hydrogen-bond acceptors (Lipinski definition) is 4. The van der Waals surface area contributed by atoms with Gasteiger partial charge in [0.05, 0.1) is 29.8 Å². The summed E-state index contributed by atoms with van der Waals surface area (Å²) in [6.45, 7) is 1.99. The van der Waals surface area contributed by atoms with Gasteiger partial charge in [-0.05, 0) is 48.9 Å². The van der Waals surface area contributed by atoms with Crippen molar-refractivity contribution in [3.8, 4) is 5.75 Å². The van der Waals surface area contributed by atoms with E-state index in [1.54, 1.807) is 28.8 Å². The van der Waals surface area contributed by atoms with Gasteiger partial charge in [0.2, 0.25) is 5.43 Å². The Hall–Kier alpha value is -2.90. The molecule has 0 spiro atoms. The third kappa shape index (κ3) is 5.07. The lowest BCUT2D eigenvalue weighted by molar-refractivity contribution is 0.0693. The number of benzene rings is 2. The Morgan fingerprint density at radius 2 is 1.97 bits per heavy atom. The molecule has 6 nitrogen and oxygen atoms in total. The highest BCUT2D eigenvalue weighted by Crippen LogP contribution is 2.36. The largest absolute Gasteiger partial charge is 0.494 e. The van der Waals surface area contributed by atoms with Crippen LogP contribution in [-0.4, -0.2) is 34.0 Å². The number of fused-ring (bicyclic) bond motifs is 1. The van der Waals surface area contributed by atoms with Gasteiger partial charge in [0.15, 0.2) is 0 Å². The molecule has 1 aromatic heterocycles. The van der Waals surface area contributed by atoms with Crippen molar-refractivity contribution in [1.29, 1.82) is 0 Å². The van der Waals surface area contributed by atoms with Crippen LogP contribution in [0.25, 0.3) is 10.9 Å². The first kappa shape index (κ1) is 25.2. The standard InChI is InChI=1S/C27H29ClFNO5/c1-2-35-24-13-22-19(12-18(24)11-17-9-6-10-21(28)25(17)29)26(32)20(27(33)34)14-30(22)23(15-31)16-7-4-3-5-8-16/h6,9-10,12-14,16,23,31H,2-5,7-8,11,15H2,1H3,(H,33,34)/t23-/m1/s1. The smallest absolute Gasteiger partial charge is 0.341 e. The summed E-state index contributed by atoms with van der Waals surface area (Å²) < 4.78 is 22.2. The summed E-state index contributed by atoms with van der Waals surface area (Å²) in [5, 5.41) is 20.3. The Morgan fingerprint density at radius 3 is 2.63 bits per heavy atom. The molecule has 1 saturated carbocycles. The van der Waals surface area contributed by atoms with Crippen molar-refractivity contribution in [3.63, 3.8) is 0 Å². The number of hydrogen-bond donors (Lipinski definition) is 2. The molecule has 0 aliphatic heterocycles. The number of aromatic carboxylic acids is 1. The first-order chi connectivity index (χ1) is 16.8. The molecule has 0 bridgehead atoms. The van der Waals surface area contributed by atoms with E-state index in [0.717, 1.165) is 32.1 Å². The van der Waals surface area contributed by atoms with Crippen LogP contribution in [0.4, 0.5) is 4.39 Å². The summed E-state index contributed by atoms with van der Waals surface area (Å²) in [4.78, 5) is 25.2. The van der Waals surface area contributed by atoms with Crippen molar-refractivity contribution in [2.24, 2.45) is 5.92 Å². The lowest BCUT2D eigenvalue weighted by Gasteiger charge is -2.32. The maximum absolute atomic E-state index is 14.6. The first-order valence-electron chi connectivity index (χ1n) is 12.0. The van der Waals surface area contributed by atoms with Gasteiger partial charge in [-0.3, -0.25) is 4.79 Å². The highest BCUT2D eigenvalue weighted by atomic mass is 35.5. The minimum Gasteiger partial charge on any atom is -0.494 e. The molecule has 0 radical (unpaired) electrons. The Bertz CT molecular complexity index is 1300. The van der Waals surface area contributed by atoms with E-state index in [-0.39, 0.29) is 41.0 Å². The highest BCUT2D eigenvalue weighted by molar-refractivity contribution is 6.30. The molecule has 2 aromatic carbocycles. The van der Waals surface area contributed by atoms with E-state index in [9.17, 15) is 24.2 Å². The fourth-order valence-corrected chi connectivity index (χ4v) is 5.34. The van der Waals surface area contributed by atoms with Gasteiger partial charge in [-0.25, -0.2) is 9.18 Å². The Morgan fingerprint density at radius 1 is 1.23 bits per heavy atom. The molecule has 186 valence electrons. The number of aliphatic hydroxyl groups excluding tert-OH is 1. The van der Waals surface area contributed by atoms with Crippen LogP contribution in [0, 0.1) is 11.7 Å². The third-order valence-electron chi connectivity index (χ3n) is 6.90. The Kier molecular flexibility index (Phi) is 7.77. The molecule has 0 amide bonds. The van der Waals surface area contributed by atoms with E-state index in [1.165, 1.54) is 12.3 Å². The zero-order valence-electron chi connectivity index (χ0n) is 19.6. The number of aromatic nitrogens is 1. The number of nitrogens with zero attached hydrogens (tertiary/aromatic N) is 1. The zero-order valence-corrected chi connectivity index (χ0v) is 20.4. The van der Waals surface area contributed by atoms with Gasteiger partial charge < -0.3 is 19.5 Å². The maximum atomic E-state index is 14.6. The van der Waals surface area contributed by atoms with Crippen LogP contribution in [0.15, 0.2) is 41.3 Å². The number of halogens is 2. The van der Waals surface area contributed by atoms with Gasteiger partial charge in [0.25, 0.3) is 0 Å². The molecule has 1 aliphatic rings. The van der Waals surface area contributed by atoms with Crippen LogP contribution in [0.1, 0.15) is 66.6 Å². The van der Waals surface area contributed by atoms with E-state index >= 15 is 0 Å². The topological polar surface area (TPSA) is 88.8 Å². The number of pyridine rings is 1. The average molecular weight is 502 g/mol. The lowest BCUT2D eigenvalue weighted by Crippen LogP contribution is -2.28. The van der Waals surface area contributed by atoms with Crippen LogP contribution >= 0.6 is 11.6 Å². The maximum Gasteiger partial charge on any atom is 0.341 e. The number of ether oxygens (including phenoxy) is 1. The molecule has 35 heavy (non-hydrogen) atoms. The molecule has 3 aromatic rings. The van der Waals surface area contributed by atoms with Crippen LogP contribution in [0.5, 0.6) is 5.75 Å². The molecule has 0 unspecified atom stereocenters. The summed E-state index contributed by atoms with van der Waals surface area (Å²) in [5.74, 6) is -1.25. The fraction of sp³-hybridized carbons (Fsp3) is 0.407. The van der Waals surface area contributed by atoms with E-state index in [1.807, 2.05) is 6.92 Å². The molecule has 1 aliphatic carbocycles. The minimum atomic E-state index is -1.33. The molecule has 1 atom stereocenters. The number of carboxylic acids is 1. The predicted octanol–water partition coefficient (Wildman–Crippen LogP) is 5.60. The summed E-state index contributed by atoms with van der Waals surface area (Å²) in [5.41, 5.74) is 0.382. The van der Waals surface area contributed by atoms with Gasteiger partial charge in [0.1, 0.15) is 17.1 Å². The number of carboxylic acid groups (broad SMARTS) is 1. The highest BCUT2D eigenvalue weighted by Gasteiger charge is 2.28. The van der Waals surface area contributed by atoms with Crippen molar-refractivity contribution in [2.75, 3.05) is 13.2 Å². The molecule has 0 saturated heterocycles. The molecule has 1 fully saturated rings. The van der Waals surface area contributed by atoms with Crippen LogP contribution in [-0.2, 0) is 6.42 Å². The summed E-state index contributed by atoms with van der Waals surface area (Å²) in [6.07, 6.45) is 6.53. The number of carbonyl (C=O) groups is 1. The Labute approximate surface area is 207 Å². The fourth-order valence-electron chi connectivity index (χ4n) is 5.15. The average Bonchev–Trinajstić information content (AvgIpc) is 2.85. The van der Waals surface area contributed by atoms with Gasteiger partial charge in [-0.1, -0.05) is 43.0 Å². The first-order valence-corrected chi connectivity index (χ1v) is 12.3. The molecular formula is C27H29ClFNO5. The molecule has 1 heterocycles. The quantitative estimate of drug-likeness (QED) is 0.419. The second kappa shape index (κ2) is 10.8. The van der Waals surface area contributed by atoms with Crippen LogP contribution in [0.3, 0.4) is 0 Å². The van der Waals surface area contributed by atoms with Gasteiger partial charge in [-0.2, -0.15) is 0 Å². The minimum absolute atomic E-state index is 0.00459. The van der Waals surface area contributed by atoms with Crippen LogP contribution < -0.4 is 10.2 Å². The summed E-state index contributed by atoms with van der Waals surface area (Å²) >= 11 is 5.95. The van der Waals surface area contributed by atoms with Gasteiger partial charge >= 0.3 is 5.97 Å². The SMILES string of the molecule is CCOc1cc2c(cc1Cc1cccc(Cl)c1F)c(=O)c(C(=O)O)cn2[C@H](CO)C1CCCCC1. The zero-order chi connectivity index (χ0) is 25.1. The monoisotopic (exact) mass is 501 g/mol. The molecule has 2 N–H and O–H groups in total. The normalized spacial score (nSPS) is 15.3. The number of aliphatic hydroxyl groups is 1. The second-order valence-corrected chi connectivity index (χ2v) is 9.44. The summed E-state index contributed by atoms with van der Waals surface area (Å²) in [7, 11) is 0. The molecule has 4 rings (SSSR count). The molecular weight excluding hydrogens is 473 g/mol. The predicted molar refractivity (Wildman–Crippen MR) is 133 cm³/mol.